The van der Waals surface area contributed by atoms with E-state index in [2.05, 4.69) is 26.3 Å². The molecular formula is C61H70FN7O8S2. The number of carbonyl (C=O) groups is 4. The van der Waals surface area contributed by atoms with E-state index in [-0.39, 0.29) is 73.5 Å². The summed E-state index contributed by atoms with van der Waals surface area (Å²) in [6.07, 6.45) is 1.55. The van der Waals surface area contributed by atoms with Crippen molar-refractivity contribution in [3.8, 4) is 21.6 Å². The van der Waals surface area contributed by atoms with Crippen LogP contribution in [0.2, 0.25) is 0 Å². The van der Waals surface area contributed by atoms with Crippen molar-refractivity contribution in [3.63, 3.8) is 0 Å². The van der Waals surface area contributed by atoms with Crippen LogP contribution in [0.5, 0.6) is 0 Å². The summed E-state index contributed by atoms with van der Waals surface area (Å²) in [5.74, 6) is -1.95. The van der Waals surface area contributed by atoms with Crippen LogP contribution in [0, 0.1) is 31.0 Å². The first-order valence-corrected chi connectivity index (χ1v) is 29.4. The number of nitrogens with one attached hydrogen (secondary N) is 4. The number of β-amino-alcohol motifs (C(OH)–C–C–N with tert-alkyl or cyclic N) is 1. The molecule has 79 heavy (non-hydrogen) atoms. The standard InChI is InChI=1S/C61H70FN7O8S2/c1-37-15-24-47(25-16-37)79(76,77)69-28-27-48-52(35-70)66-51-26-23-44(31-49(51)56(48)69)43-11-7-12-45(30-43)65-54(72)14-8-10-41-20-17-39(29-50(41)62)9-6-13-55(73)67-58(61(3,4)5)60(75)68-34-46(71)32-53(68)59(74)63-33-40-18-21-42(22-19-40)57-38(2)64-36-78-57/h7,11-12,15-26,29-31,36,46,48,52-53,56,58,66,70-71H,6,8-10,13-14,27-28,32-35H2,1-5H3,(H,63,74)(H,65,72)(H,67,73)/t46-,48-,52+,53+,56-,58-/m1/s1. The Morgan fingerprint density at radius 1 is 0.861 bits per heavy atom. The van der Waals surface area contributed by atoms with Crippen LogP contribution in [-0.2, 0) is 48.6 Å². The quantitative estimate of drug-likeness (QED) is 0.0454. The van der Waals surface area contributed by atoms with Gasteiger partial charge in [0.25, 0.3) is 0 Å². The van der Waals surface area contributed by atoms with Crippen molar-refractivity contribution >= 4 is 56.4 Å². The largest absolute Gasteiger partial charge is 0.394 e. The number of sulfonamides is 1. The number of thiazole rings is 1. The average Bonchev–Trinajstić information content (AvgIpc) is 4.40. The van der Waals surface area contributed by atoms with Gasteiger partial charge in [-0.15, -0.1) is 11.3 Å². The van der Waals surface area contributed by atoms with Crippen LogP contribution in [0.25, 0.3) is 21.6 Å². The molecule has 6 N–H and O–H groups in total. The monoisotopic (exact) mass is 1110 g/mol. The molecule has 18 heteroatoms. The molecule has 3 aliphatic rings. The number of rotatable bonds is 19. The number of aliphatic hydroxyl groups is 2. The molecule has 9 rings (SSSR count). The summed E-state index contributed by atoms with van der Waals surface area (Å²) in [6.45, 7) is 9.77. The van der Waals surface area contributed by atoms with Crippen LogP contribution in [0.1, 0.15) is 98.8 Å². The normalized spacial score (nSPS) is 19.5. The fraction of sp³-hybridized carbons (Fsp3) is 0.393. The number of carbonyl (C=O) groups excluding carboxylic acids is 4. The van der Waals surface area contributed by atoms with Gasteiger partial charge in [0.2, 0.25) is 33.7 Å². The lowest BCUT2D eigenvalue weighted by Crippen LogP contribution is -2.57. The van der Waals surface area contributed by atoms with Crippen LogP contribution < -0.4 is 21.3 Å². The van der Waals surface area contributed by atoms with Crippen molar-refractivity contribution in [2.24, 2.45) is 11.3 Å². The van der Waals surface area contributed by atoms with Gasteiger partial charge >= 0.3 is 0 Å². The summed E-state index contributed by atoms with van der Waals surface area (Å²) in [5, 5.41) is 33.2. The molecule has 0 aliphatic carbocycles. The minimum absolute atomic E-state index is 0.0354. The SMILES string of the molecule is Cc1ccc(S(=O)(=O)N2CC[C@@H]3[C@H](CO)Nc4ccc(-c5cccc(NC(=O)CCCc6ccc(CCCC(=O)N[C@H](C(=O)N7C[C@H](O)C[C@H]7C(=O)NCc7ccc(-c8scnc8C)cc7)C(C)(C)C)cc6F)c5)cc4[C@@H]32)cc1. The highest BCUT2D eigenvalue weighted by Crippen LogP contribution is 2.49. The first kappa shape index (κ1) is 56.9. The second-order valence-electron chi connectivity index (χ2n) is 22.3. The maximum Gasteiger partial charge on any atom is 0.246 e. The molecule has 1 aromatic heterocycles. The maximum atomic E-state index is 15.4. The zero-order valence-corrected chi connectivity index (χ0v) is 46.9. The van der Waals surface area contributed by atoms with E-state index in [0.29, 0.717) is 55.5 Å². The highest BCUT2D eigenvalue weighted by molar-refractivity contribution is 7.89. The highest BCUT2D eigenvalue weighted by atomic mass is 32.2. The topological polar surface area (TPSA) is 210 Å². The summed E-state index contributed by atoms with van der Waals surface area (Å²) in [4.78, 5) is 61.3. The van der Waals surface area contributed by atoms with E-state index in [9.17, 15) is 37.8 Å². The molecule has 0 spiro atoms. The molecule has 3 aliphatic heterocycles. The van der Waals surface area contributed by atoms with E-state index in [0.717, 1.165) is 49.6 Å². The van der Waals surface area contributed by atoms with Crippen molar-refractivity contribution in [2.45, 2.75) is 128 Å². The van der Waals surface area contributed by atoms with E-state index in [1.807, 2.05) is 101 Å². The van der Waals surface area contributed by atoms with E-state index >= 15 is 4.39 Å². The van der Waals surface area contributed by atoms with Gasteiger partial charge in [-0.3, -0.25) is 19.2 Å². The Labute approximate surface area is 466 Å². The van der Waals surface area contributed by atoms with Crippen molar-refractivity contribution in [2.75, 3.05) is 30.3 Å². The lowest BCUT2D eigenvalue weighted by atomic mass is 9.82. The van der Waals surface area contributed by atoms with Gasteiger partial charge in [0.15, 0.2) is 0 Å². The summed E-state index contributed by atoms with van der Waals surface area (Å²) in [7, 11) is -3.84. The fourth-order valence-electron chi connectivity index (χ4n) is 11.2. The Kier molecular flexibility index (Phi) is 17.5. The number of aryl methyl sites for hydroxylation is 4. The van der Waals surface area contributed by atoms with Crippen LogP contribution in [-0.4, -0.2) is 100 Å². The Hall–Kier alpha value is -6.83. The molecule has 6 aromatic rings. The van der Waals surface area contributed by atoms with Crippen LogP contribution >= 0.6 is 11.3 Å². The number of benzene rings is 5. The number of fused-ring (bicyclic) bond motifs is 3. The first-order chi connectivity index (χ1) is 37.8. The van der Waals surface area contributed by atoms with Gasteiger partial charge in [-0.1, -0.05) is 93.1 Å². The molecule has 0 saturated carbocycles. The van der Waals surface area contributed by atoms with Crippen molar-refractivity contribution in [1.82, 2.24) is 24.8 Å². The smallest absolute Gasteiger partial charge is 0.246 e. The molecule has 0 unspecified atom stereocenters. The number of anilines is 2. The van der Waals surface area contributed by atoms with Crippen LogP contribution in [0.3, 0.4) is 0 Å². The Morgan fingerprint density at radius 2 is 1.57 bits per heavy atom. The number of likely N-dealkylation sites (tertiary alicyclic amines) is 1. The third-order valence-electron chi connectivity index (χ3n) is 15.5. The van der Waals surface area contributed by atoms with Crippen molar-refractivity contribution in [3.05, 3.63) is 154 Å². The number of hydrogen-bond acceptors (Lipinski definition) is 11. The van der Waals surface area contributed by atoms with Gasteiger partial charge in [-0.2, -0.15) is 4.31 Å². The summed E-state index contributed by atoms with van der Waals surface area (Å²) in [5.41, 5.74) is 9.94. The second-order valence-corrected chi connectivity index (χ2v) is 25.0. The minimum Gasteiger partial charge on any atom is -0.394 e. The van der Waals surface area contributed by atoms with E-state index < -0.39 is 51.4 Å². The van der Waals surface area contributed by atoms with Gasteiger partial charge in [0.1, 0.15) is 17.9 Å². The number of hydrogen-bond donors (Lipinski definition) is 6. The molecule has 0 bridgehead atoms. The van der Waals surface area contributed by atoms with Crippen molar-refractivity contribution in [1.29, 1.82) is 0 Å². The van der Waals surface area contributed by atoms with Gasteiger partial charge in [-0.25, -0.2) is 17.8 Å². The average molecular weight is 1110 g/mol. The van der Waals surface area contributed by atoms with Crippen molar-refractivity contribution < 1.29 is 42.2 Å². The van der Waals surface area contributed by atoms with Gasteiger partial charge in [0.05, 0.1) is 45.8 Å². The molecular weight excluding hydrogens is 1040 g/mol. The van der Waals surface area contributed by atoms with E-state index in [1.54, 1.807) is 57.6 Å². The van der Waals surface area contributed by atoms with Gasteiger partial charge in [-0.05, 0) is 133 Å². The minimum atomic E-state index is -3.84. The summed E-state index contributed by atoms with van der Waals surface area (Å²) < 4.78 is 45.2. The molecule has 416 valence electrons. The number of aliphatic hydroxyl groups excluding tert-OH is 2. The predicted octanol–water partition coefficient (Wildman–Crippen LogP) is 8.86. The number of amides is 4. The molecule has 4 heterocycles. The molecule has 2 fully saturated rings. The molecule has 6 atom stereocenters. The number of aromatic nitrogens is 1. The Balaban J connectivity index is 0.740. The van der Waals surface area contributed by atoms with Gasteiger partial charge < -0.3 is 36.4 Å². The van der Waals surface area contributed by atoms with E-state index in [4.69, 9.17) is 0 Å². The molecule has 5 aromatic carbocycles. The molecule has 2 saturated heterocycles. The van der Waals surface area contributed by atoms with Gasteiger partial charge in [0, 0.05) is 56.2 Å². The third-order valence-corrected chi connectivity index (χ3v) is 18.4. The first-order valence-electron chi connectivity index (χ1n) is 27.1. The maximum absolute atomic E-state index is 15.4. The fourth-order valence-corrected chi connectivity index (χ4v) is 13.6. The third kappa shape index (κ3) is 13.1. The summed E-state index contributed by atoms with van der Waals surface area (Å²) in [6, 6.07) is 30.3. The Morgan fingerprint density at radius 3 is 2.28 bits per heavy atom. The zero-order chi connectivity index (χ0) is 56.2. The molecule has 0 radical (unpaired) electrons. The lowest BCUT2D eigenvalue weighted by Gasteiger charge is -2.39. The summed E-state index contributed by atoms with van der Waals surface area (Å²) >= 11 is 1.56. The van der Waals surface area contributed by atoms with E-state index in [1.165, 1.54) is 11.0 Å². The number of halogens is 1. The Bertz CT molecular complexity index is 3310. The lowest BCUT2D eigenvalue weighted by molar-refractivity contribution is -0.144. The van der Waals surface area contributed by atoms with Crippen LogP contribution in [0.4, 0.5) is 15.8 Å². The zero-order valence-electron chi connectivity index (χ0n) is 45.3. The predicted molar refractivity (Wildman–Crippen MR) is 305 cm³/mol. The number of nitrogens with zero attached hydrogens (tertiary/aromatic N) is 3. The molecule has 15 nitrogen and oxygen atoms in total. The van der Waals surface area contributed by atoms with Crippen LogP contribution in [0.15, 0.2) is 120 Å². The highest BCUT2D eigenvalue weighted by Gasteiger charge is 2.49. The second kappa shape index (κ2) is 24.3. The molecule has 4 amide bonds.